The maximum Gasteiger partial charge on any atom is 0.469 e. The Hall–Kier alpha value is 0.0300. The molecule has 0 atom stereocenters. The van der Waals surface area contributed by atoms with Crippen molar-refractivity contribution in [1.29, 1.82) is 0 Å². The molecule has 0 bridgehead atoms. The van der Waals surface area contributed by atoms with Crippen molar-refractivity contribution in [2.24, 2.45) is 5.84 Å². The van der Waals surface area contributed by atoms with E-state index in [1.54, 1.807) is 7.05 Å². The molecule has 0 rings (SSSR count). The lowest BCUT2D eigenvalue weighted by Gasteiger charge is -2.09. The maximum absolute atomic E-state index is 10.0. The Balaban J connectivity index is 3.30. The summed E-state index contributed by atoms with van der Waals surface area (Å²) in [5.74, 6) is 5.12. The summed E-state index contributed by atoms with van der Waals surface area (Å²) >= 11 is 0. The first-order valence-electron chi connectivity index (χ1n) is 2.58. The second kappa shape index (κ2) is 4.02. The molecule has 0 aliphatic rings. The van der Waals surface area contributed by atoms with Crippen molar-refractivity contribution in [2.45, 2.75) is 0 Å². The normalized spacial score (nSPS) is 12.5. The van der Waals surface area contributed by atoms with Crippen LogP contribution in [0.1, 0.15) is 0 Å². The van der Waals surface area contributed by atoms with E-state index in [-0.39, 0.29) is 13.2 Å². The molecule has 0 radical (unpaired) electrons. The number of hydrogen-bond acceptors (Lipinski definition) is 4. The lowest BCUT2D eigenvalue weighted by Crippen LogP contribution is -2.29. The quantitative estimate of drug-likeness (QED) is 0.281. The number of phosphoric acid groups is 1. The molecule has 0 saturated heterocycles. The number of nitrogens with zero attached hydrogens (tertiary/aromatic N) is 1. The molecule has 0 aromatic heterocycles. The molecule has 0 saturated carbocycles. The summed E-state index contributed by atoms with van der Waals surface area (Å²) in [5.41, 5.74) is 0. The van der Waals surface area contributed by atoms with E-state index < -0.39 is 7.82 Å². The average Bonchev–Trinajstić information content (AvgIpc) is 1.59. The first-order valence-corrected chi connectivity index (χ1v) is 4.11. The van der Waals surface area contributed by atoms with Crippen LogP contribution in [-0.4, -0.2) is 35.0 Å². The fourth-order valence-electron chi connectivity index (χ4n) is 0.304. The smallest absolute Gasteiger partial charge is 0.303 e. The minimum Gasteiger partial charge on any atom is -0.303 e. The Labute approximate surface area is 58.8 Å². The van der Waals surface area contributed by atoms with Crippen molar-refractivity contribution in [3.05, 3.63) is 0 Å². The van der Waals surface area contributed by atoms with E-state index in [0.717, 1.165) is 0 Å². The summed E-state index contributed by atoms with van der Waals surface area (Å²) in [5, 5.41) is 1.27. The highest BCUT2D eigenvalue weighted by Gasteiger charge is 2.12. The highest BCUT2D eigenvalue weighted by Crippen LogP contribution is 2.35. The molecule has 0 aliphatic carbocycles. The Bertz CT molecular complexity index is 132. The molecule has 0 aromatic rings. The molecule has 4 N–H and O–H groups in total. The van der Waals surface area contributed by atoms with Gasteiger partial charge in [0.25, 0.3) is 0 Å². The van der Waals surface area contributed by atoms with Gasteiger partial charge < -0.3 is 9.79 Å². The van der Waals surface area contributed by atoms with Gasteiger partial charge in [0.05, 0.1) is 6.61 Å². The van der Waals surface area contributed by atoms with Crippen molar-refractivity contribution in [3.8, 4) is 0 Å². The number of phosphoric ester groups is 1. The summed E-state index contributed by atoms with van der Waals surface area (Å²) in [7, 11) is -2.73. The van der Waals surface area contributed by atoms with Crippen LogP contribution in [0, 0.1) is 0 Å². The van der Waals surface area contributed by atoms with Crippen LogP contribution in [-0.2, 0) is 9.09 Å². The van der Waals surface area contributed by atoms with Crippen molar-refractivity contribution >= 4 is 7.82 Å². The molecule has 0 aromatic carbocycles. The van der Waals surface area contributed by atoms with Crippen molar-refractivity contribution in [3.63, 3.8) is 0 Å². The third-order valence-corrected chi connectivity index (χ3v) is 1.22. The van der Waals surface area contributed by atoms with E-state index >= 15 is 0 Å². The molecule has 0 fully saturated rings. The lowest BCUT2D eigenvalue weighted by molar-refractivity contribution is 0.173. The summed E-state index contributed by atoms with van der Waals surface area (Å²) in [4.78, 5) is 16.3. The SMILES string of the molecule is CN(N)CCOP(=O)(O)O. The van der Waals surface area contributed by atoms with Gasteiger partial charge >= 0.3 is 7.82 Å². The highest BCUT2D eigenvalue weighted by molar-refractivity contribution is 7.46. The van der Waals surface area contributed by atoms with Gasteiger partial charge in [-0.25, -0.2) is 9.57 Å². The summed E-state index contributed by atoms with van der Waals surface area (Å²) in [6.07, 6.45) is 0. The van der Waals surface area contributed by atoms with Gasteiger partial charge in [0.1, 0.15) is 0 Å². The molecule has 0 aliphatic heterocycles. The fraction of sp³-hybridized carbons (Fsp3) is 1.00. The van der Waals surface area contributed by atoms with Crippen molar-refractivity contribution < 1.29 is 18.9 Å². The molecule has 0 spiro atoms. The van der Waals surface area contributed by atoms with Crippen LogP contribution >= 0.6 is 7.82 Å². The third kappa shape index (κ3) is 8.03. The maximum atomic E-state index is 10.0. The van der Waals surface area contributed by atoms with Gasteiger partial charge in [-0.1, -0.05) is 0 Å². The Kier molecular flexibility index (Phi) is 4.04. The van der Waals surface area contributed by atoms with Crippen LogP contribution < -0.4 is 5.84 Å². The molecule has 0 amide bonds. The van der Waals surface area contributed by atoms with Crippen LogP contribution in [0.25, 0.3) is 0 Å². The monoisotopic (exact) mass is 170 g/mol. The Morgan fingerprint density at radius 2 is 2.20 bits per heavy atom. The number of hydrogen-bond donors (Lipinski definition) is 3. The Morgan fingerprint density at radius 3 is 2.50 bits per heavy atom. The lowest BCUT2D eigenvalue weighted by atomic mass is 10.7. The molecular weight excluding hydrogens is 159 g/mol. The van der Waals surface area contributed by atoms with Gasteiger partial charge in [0.2, 0.25) is 0 Å². The van der Waals surface area contributed by atoms with Crippen LogP contribution in [0.3, 0.4) is 0 Å². The predicted molar refractivity (Wildman–Crippen MR) is 34.8 cm³/mol. The van der Waals surface area contributed by atoms with Crippen LogP contribution in [0.4, 0.5) is 0 Å². The van der Waals surface area contributed by atoms with Gasteiger partial charge in [0.15, 0.2) is 0 Å². The largest absolute Gasteiger partial charge is 0.469 e. The van der Waals surface area contributed by atoms with E-state index in [9.17, 15) is 4.57 Å². The summed E-state index contributed by atoms with van der Waals surface area (Å²) in [6, 6.07) is 0. The average molecular weight is 170 g/mol. The summed E-state index contributed by atoms with van der Waals surface area (Å²) in [6.45, 7) is 0.211. The van der Waals surface area contributed by atoms with E-state index in [1.807, 2.05) is 0 Å². The molecular formula is C3H11N2O4P. The molecule has 0 unspecified atom stereocenters. The predicted octanol–water partition coefficient (Wildman–Crippen LogP) is -1.10. The third-order valence-electron chi connectivity index (χ3n) is 0.703. The first kappa shape index (κ1) is 10.0. The van der Waals surface area contributed by atoms with Crippen LogP contribution in [0.2, 0.25) is 0 Å². The number of nitrogens with two attached hydrogens (primary N) is 1. The number of rotatable bonds is 4. The van der Waals surface area contributed by atoms with Crippen molar-refractivity contribution in [2.75, 3.05) is 20.2 Å². The molecule has 10 heavy (non-hydrogen) atoms. The molecule has 62 valence electrons. The minimum absolute atomic E-state index is 0.0721. The van der Waals surface area contributed by atoms with Crippen LogP contribution in [0.15, 0.2) is 0 Å². The second-order valence-corrected chi connectivity index (χ2v) is 3.04. The van der Waals surface area contributed by atoms with Crippen LogP contribution in [0.5, 0.6) is 0 Å². The molecule has 0 heterocycles. The second-order valence-electron chi connectivity index (χ2n) is 1.80. The van der Waals surface area contributed by atoms with Gasteiger partial charge in [-0.15, -0.1) is 0 Å². The summed E-state index contributed by atoms with van der Waals surface area (Å²) < 4.78 is 14.1. The van der Waals surface area contributed by atoms with E-state index in [4.69, 9.17) is 15.6 Å². The number of hydrazine groups is 1. The van der Waals surface area contributed by atoms with Crippen molar-refractivity contribution in [1.82, 2.24) is 5.01 Å². The number of likely N-dealkylation sites (N-methyl/N-ethyl adjacent to an activating group) is 1. The zero-order valence-electron chi connectivity index (χ0n) is 5.60. The fourth-order valence-corrected chi connectivity index (χ4v) is 0.623. The minimum atomic E-state index is -4.30. The van der Waals surface area contributed by atoms with E-state index in [0.29, 0.717) is 0 Å². The zero-order chi connectivity index (χ0) is 8.20. The zero-order valence-corrected chi connectivity index (χ0v) is 6.49. The van der Waals surface area contributed by atoms with Gasteiger partial charge in [-0.05, 0) is 0 Å². The van der Waals surface area contributed by atoms with Gasteiger partial charge in [0, 0.05) is 13.6 Å². The standard InChI is InChI=1S/C3H11N2O4P/c1-5(4)2-3-9-10(6,7)8/h2-4H2,1H3,(H2,6,7,8). The molecule has 6 nitrogen and oxygen atoms in total. The Morgan fingerprint density at radius 1 is 1.70 bits per heavy atom. The van der Waals surface area contributed by atoms with E-state index in [1.165, 1.54) is 5.01 Å². The topological polar surface area (TPSA) is 96.0 Å². The van der Waals surface area contributed by atoms with Gasteiger partial charge in [-0.2, -0.15) is 0 Å². The van der Waals surface area contributed by atoms with E-state index in [2.05, 4.69) is 4.52 Å². The molecule has 7 heteroatoms. The highest BCUT2D eigenvalue weighted by atomic mass is 31.2. The first-order chi connectivity index (χ1) is 4.42. The van der Waals surface area contributed by atoms with Gasteiger partial charge in [-0.3, -0.25) is 10.4 Å².